The molecule has 0 aromatic carbocycles. The lowest BCUT2D eigenvalue weighted by Crippen LogP contribution is -2.07. The molecular formula is C11H12N2O2. The lowest BCUT2D eigenvalue weighted by molar-refractivity contribution is 0.0526. The molecule has 1 aromatic heterocycles. The topological polar surface area (TPSA) is 65.2 Å². The van der Waals surface area contributed by atoms with Gasteiger partial charge in [0.05, 0.1) is 24.3 Å². The van der Waals surface area contributed by atoms with Crippen molar-refractivity contribution >= 4 is 5.97 Å². The first-order chi connectivity index (χ1) is 7.29. The molecule has 1 rings (SSSR count). The molecule has 0 aliphatic rings. The van der Waals surface area contributed by atoms with Gasteiger partial charge in [-0.1, -0.05) is 11.8 Å². The second-order valence-electron chi connectivity index (χ2n) is 2.65. The maximum absolute atomic E-state index is 11.5. The minimum Gasteiger partial charge on any atom is -0.462 e. The smallest absolute Gasteiger partial charge is 0.339 e. The lowest BCUT2D eigenvalue weighted by atomic mass is 10.1. The molecule has 0 aliphatic heterocycles. The van der Waals surface area contributed by atoms with Crippen LogP contribution in [0.25, 0.3) is 0 Å². The molecule has 15 heavy (non-hydrogen) atoms. The number of esters is 1. The van der Waals surface area contributed by atoms with E-state index in [-0.39, 0.29) is 12.5 Å². The molecule has 78 valence electrons. The Balaban J connectivity index is 3.00. The van der Waals surface area contributed by atoms with Crippen LogP contribution < -0.4 is 5.73 Å². The van der Waals surface area contributed by atoms with Crippen LogP contribution in [0.3, 0.4) is 0 Å². The Morgan fingerprint density at radius 2 is 2.47 bits per heavy atom. The summed E-state index contributed by atoms with van der Waals surface area (Å²) >= 11 is 0. The summed E-state index contributed by atoms with van der Waals surface area (Å²) in [6, 6.07) is 1.58. The van der Waals surface area contributed by atoms with E-state index in [1.807, 2.05) is 0 Å². The highest BCUT2D eigenvalue weighted by Crippen LogP contribution is 2.07. The number of ether oxygens (including phenoxy) is 1. The fraction of sp³-hybridized carbons (Fsp3) is 0.273. The van der Waals surface area contributed by atoms with Crippen LogP contribution >= 0.6 is 0 Å². The summed E-state index contributed by atoms with van der Waals surface area (Å²) in [6.07, 6.45) is 3.05. The van der Waals surface area contributed by atoms with Crippen molar-refractivity contribution in [2.45, 2.75) is 6.92 Å². The fourth-order valence-corrected chi connectivity index (χ4v) is 1.03. The SMILES string of the molecule is CCOC(=O)c1ccncc1C#CCN. The zero-order chi connectivity index (χ0) is 11.1. The van der Waals surface area contributed by atoms with Gasteiger partial charge in [-0.25, -0.2) is 4.79 Å². The average Bonchev–Trinajstić information content (AvgIpc) is 2.27. The molecule has 1 aromatic rings. The Labute approximate surface area is 88.5 Å². The van der Waals surface area contributed by atoms with Gasteiger partial charge in [-0.05, 0) is 13.0 Å². The summed E-state index contributed by atoms with van der Waals surface area (Å²) < 4.78 is 4.88. The van der Waals surface area contributed by atoms with E-state index in [0.717, 1.165) is 0 Å². The van der Waals surface area contributed by atoms with Gasteiger partial charge in [-0.2, -0.15) is 0 Å². The molecule has 4 nitrogen and oxygen atoms in total. The van der Waals surface area contributed by atoms with Crippen LogP contribution in [0.2, 0.25) is 0 Å². The molecule has 0 saturated carbocycles. The number of aromatic nitrogens is 1. The van der Waals surface area contributed by atoms with E-state index in [0.29, 0.717) is 17.7 Å². The summed E-state index contributed by atoms with van der Waals surface area (Å²) in [4.78, 5) is 15.4. The third-order valence-corrected chi connectivity index (χ3v) is 1.64. The molecule has 4 heteroatoms. The van der Waals surface area contributed by atoms with Gasteiger partial charge >= 0.3 is 5.97 Å². The summed E-state index contributed by atoms with van der Waals surface area (Å²) in [5, 5.41) is 0. The van der Waals surface area contributed by atoms with E-state index in [1.165, 1.54) is 12.4 Å². The predicted octanol–water partition coefficient (Wildman–Crippen LogP) is 0.569. The van der Waals surface area contributed by atoms with Crippen LogP contribution in [0.15, 0.2) is 18.5 Å². The maximum atomic E-state index is 11.5. The van der Waals surface area contributed by atoms with Gasteiger partial charge in [0.1, 0.15) is 0 Å². The molecule has 0 atom stereocenters. The van der Waals surface area contributed by atoms with Gasteiger partial charge in [-0.3, -0.25) is 4.98 Å². The Kier molecular flexibility index (Phi) is 4.32. The first-order valence-electron chi connectivity index (χ1n) is 4.59. The molecule has 0 bridgehead atoms. The highest BCUT2D eigenvalue weighted by atomic mass is 16.5. The molecule has 0 fully saturated rings. The molecule has 0 aliphatic carbocycles. The summed E-state index contributed by atoms with van der Waals surface area (Å²) in [5.41, 5.74) is 6.22. The number of carbonyl (C=O) groups excluding carboxylic acids is 1. The minimum atomic E-state index is -0.388. The summed E-state index contributed by atoms with van der Waals surface area (Å²) in [7, 11) is 0. The minimum absolute atomic E-state index is 0.247. The fourth-order valence-electron chi connectivity index (χ4n) is 1.03. The number of nitrogens with two attached hydrogens (primary N) is 1. The molecule has 2 N–H and O–H groups in total. The van der Waals surface area contributed by atoms with E-state index in [4.69, 9.17) is 10.5 Å². The van der Waals surface area contributed by atoms with Crippen LogP contribution in [-0.4, -0.2) is 24.1 Å². The van der Waals surface area contributed by atoms with Crippen LogP contribution in [0.4, 0.5) is 0 Å². The lowest BCUT2D eigenvalue weighted by Gasteiger charge is -2.02. The second kappa shape index (κ2) is 5.78. The quantitative estimate of drug-likeness (QED) is 0.565. The van der Waals surface area contributed by atoms with Crippen molar-refractivity contribution in [1.82, 2.24) is 4.98 Å². The summed E-state index contributed by atoms with van der Waals surface area (Å²) in [6.45, 7) is 2.34. The number of hydrogen-bond acceptors (Lipinski definition) is 4. The number of hydrogen-bond donors (Lipinski definition) is 1. The molecule has 0 unspecified atom stereocenters. The van der Waals surface area contributed by atoms with Crippen molar-refractivity contribution in [3.8, 4) is 11.8 Å². The second-order valence-corrected chi connectivity index (χ2v) is 2.65. The Morgan fingerprint density at radius 1 is 1.67 bits per heavy atom. The highest BCUT2D eigenvalue weighted by Gasteiger charge is 2.10. The van der Waals surface area contributed by atoms with Gasteiger partial charge < -0.3 is 10.5 Å². The van der Waals surface area contributed by atoms with E-state index in [9.17, 15) is 4.79 Å². The van der Waals surface area contributed by atoms with Crippen molar-refractivity contribution in [3.63, 3.8) is 0 Å². The third-order valence-electron chi connectivity index (χ3n) is 1.64. The molecule has 0 spiro atoms. The van der Waals surface area contributed by atoms with Crippen molar-refractivity contribution in [2.75, 3.05) is 13.2 Å². The maximum Gasteiger partial charge on any atom is 0.339 e. The molecule has 1 heterocycles. The van der Waals surface area contributed by atoms with Gasteiger partial charge in [0.25, 0.3) is 0 Å². The normalized spacial score (nSPS) is 8.93. The average molecular weight is 204 g/mol. The molecular weight excluding hydrogens is 192 g/mol. The Hall–Kier alpha value is -1.86. The number of pyridine rings is 1. The molecule has 0 radical (unpaired) electrons. The zero-order valence-electron chi connectivity index (χ0n) is 8.49. The summed E-state index contributed by atoms with van der Waals surface area (Å²) in [5.74, 6) is 5.06. The van der Waals surface area contributed by atoms with E-state index in [2.05, 4.69) is 16.8 Å². The largest absolute Gasteiger partial charge is 0.462 e. The standard InChI is InChI=1S/C11H12N2O2/c1-2-15-11(14)10-5-7-13-8-9(10)4-3-6-12/h5,7-8H,2,6,12H2,1H3. The molecule has 0 saturated heterocycles. The van der Waals surface area contributed by atoms with Crippen LogP contribution in [-0.2, 0) is 4.74 Å². The van der Waals surface area contributed by atoms with Crippen LogP contribution in [0.1, 0.15) is 22.8 Å². The number of rotatable bonds is 2. The first-order valence-corrected chi connectivity index (χ1v) is 4.59. The van der Waals surface area contributed by atoms with Crippen molar-refractivity contribution in [2.24, 2.45) is 5.73 Å². The monoisotopic (exact) mass is 204 g/mol. The van der Waals surface area contributed by atoms with E-state index < -0.39 is 0 Å². The van der Waals surface area contributed by atoms with Gasteiger partial charge in [0.2, 0.25) is 0 Å². The van der Waals surface area contributed by atoms with Gasteiger partial charge in [0.15, 0.2) is 0 Å². The third kappa shape index (κ3) is 3.08. The first kappa shape index (κ1) is 11.2. The predicted molar refractivity (Wildman–Crippen MR) is 56.1 cm³/mol. The Morgan fingerprint density at radius 3 is 3.13 bits per heavy atom. The van der Waals surface area contributed by atoms with Crippen LogP contribution in [0.5, 0.6) is 0 Å². The zero-order valence-corrected chi connectivity index (χ0v) is 8.49. The highest BCUT2D eigenvalue weighted by molar-refractivity contribution is 5.92. The van der Waals surface area contributed by atoms with Gasteiger partial charge in [0, 0.05) is 12.4 Å². The Bertz CT molecular complexity index is 405. The van der Waals surface area contributed by atoms with E-state index >= 15 is 0 Å². The van der Waals surface area contributed by atoms with Gasteiger partial charge in [-0.15, -0.1) is 0 Å². The number of carbonyl (C=O) groups is 1. The van der Waals surface area contributed by atoms with Crippen molar-refractivity contribution in [1.29, 1.82) is 0 Å². The van der Waals surface area contributed by atoms with Crippen molar-refractivity contribution in [3.05, 3.63) is 29.6 Å². The number of nitrogens with zero attached hydrogens (tertiary/aromatic N) is 1. The molecule has 0 amide bonds. The van der Waals surface area contributed by atoms with E-state index in [1.54, 1.807) is 13.0 Å². The van der Waals surface area contributed by atoms with Crippen molar-refractivity contribution < 1.29 is 9.53 Å². The van der Waals surface area contributed by atoms with Crippen LogP contribution in [0, 0.1) is 11.8 Å².